The van der Waals surface area contributed by atoms with Gasteiger partial charge in [-0.25, -0.2) is 0 Å². The van der Waals surface area contributed by atoms with Gasteiger partial charge in [-0.2, -0.15) is 0 Å². The molecule has 0 aliphatic rings. The topological polar surface area (TPSA) is 20.3 Å². The monoisotopic (exact) mass is 337 g/mol. The molecule has 15 heavy (non-hydrogen) atoms. The standard InChI is InChI=1S/C11H16INOS/c1-4-13(6-8(2)3)11(14)9-5-10(12)15-7-9/h5,7-8H,4,6H2,1-3H3. The van der Waals surface area contributed by atoms with Gasteiger partial charge in [0.1, 0.15) is 0 Å². The maximum atomic E-state index is 12.1. The maximum Gasteiger partial charge on any atom is 0.254 e. The van der Waals surface area contributed by atoms with Crippen LogP contribution in [0.2, 0.25) is 0 Å². The van der Waals surface area contributed by atoms with Crippen LogP contribution in [0.5, 0.6) is 0 Å². The van der Waals surface area contributed by atoms with Crippen LogP contribution in [0.25, 0.3) is 0 Å². The summed E-state index contributed by atoms with van der Waals surface area (Å²) in [6.45, 7) is 7.91. The lowest BCUT2D eigenvalue weighted by molar-refractivity contribution is 0.0746. The third-order valence-electron chi connectivity index (χ3n) is 2.07. The summed E-state index contributed by atoms with van der Waals surface area (Å²) in [5, 5.41) is 1.94. The molecule has 0 N–H and O–H groups in total. The van der Waals surface area contributed by atoms with E-state index in [1.165, 1.54) is 0 Å². The number of hydrogen-bond acceptors (Lipinski definition) is 2. The van der Waals surface area contributed by atoms with Crippen molar-refractivity contribution in [2.75, 3.05) is 13.1 Å². The zero-order valence-corrected chi connectivity index (χ0v) is 12.3. The second kappa shape index (κ2) is 5.84. The molecule has 84 valence electrons. The lowest BCUT2D eigenvalue weighted by Crippen LogP contribution is -2.33. The molecule has 0 saturated carbocycles. The van der Waals surface area contributed by atoms with Crippen LogP contribution >= 0.6 is 33.9 Å². The fourth-order valence-electron chi connectivity index (χ4n) is 1.40. The molecule has 0 aliphatic heterocycles. The quantitative estimate of drug-likeness (QED) is 0.771. The first-order valence-corrected chi connectivity index (χ1v) is 7.03. The van der Waals surface area contributed by atoms with Gasteiger partial charge in [-0.1, -0.05) is 13.8 Å². The van der Waals surface area contributed by atoms with Crippen LogP contribution in [-0.4, -0.2) is 23.9 Å². The Morgan fingerprint density at radius 2 is 2.27 bits per heavy atom. The average molecular weight is 337 g/mol. The highest BCUT2D eigenvalue weighted by atomic mass is 127. The molecule has 0 bridgehead atoms. The van der Waals surface area contributed by atoms with Crippen LogP contribution in [0.15, 0.2) is 11.4 Å². The van der Waals surface area contributed by atoms with Crippen molar-refractivity contribution < 1.29 is 4.79 Å². The SMILES string of the molecule is CCN(CC(C)C)C(=O)c1csc(I)c1. The number of rotatable bonds is 4. The summed E-state index contributed by atoms with van der Waals surface area (Å²) >= 11 is 3.86. The Balaban J connectivity index is 2.73. The van der Waals surface area contributed by atoms with Crippen molar-refractivity contribution in [1.29, 1.82) is 0 Å². The summed E-state index contributed by atoms with van der Waals surface area (Å²) < 4.78 is 1.16. The summed E-state index contributed by atoms with van der Waals surface area (Å²) in [6, 6.07) is 1.95. The molecule has 1 aromatic heterocycles. The van der Waals surface area contributed by atoms with Gasteiger partial charge in [0.15, 0.2) is 0 Å². The van der Waals surface area contributed by atoms with Crippen LogP contribution in [0.3, 0.4) is 0 Å². The molecule has 0 saturated heterocycles. The Morgan fingerprint density at radius 3 is 2.67 bits per heavy atom. The Bertz CT molecular complexity index is 335. The predicted molar refractivity (Wildman–Crippen MR) is 73.5 cm³/mol. The number of thiophene rings is 1. The van der Waals surface area contributed by atoms with Gasteiger partial charge in [0.05, 0.1) is 8.45 Å². The number of nitrogens with zero attached hydrogens (tertiary/aromatic N) is 1. The van der Waals surface area contributed by atoms with E-state index >= 15 is 0 Å². The molecule has 0 unspecified atom stereocenters. The molecule has 4 heteroatoms. The van der Waals surface area contributed by atoms with Crippen LogP contribution in [0.1, 0.15) is 31.1 Å². The van der Waals surface area contributed by atoms with E-state index in [2.05, 4.69) is 36.4 Å². The summed E-state index contributed by atoms with van der Waals surface area (Å²) in [7, 11) is 0. The van der Waals surface area contributed by atoms with Crippen molar-refractivity contribution in [2.24, 2.45) is 5.92 Å². The first-order valence-electron chi connectivity index (χ1n) is 5.08. The summed E-state index contributed by atoms with van der Waals surface area (Å²) in [5.74, 6) is 0.678. The minimum absolute atomic E-state index is 0.158. The molecular weight excluding hydrogens is 321 g/mol. The highest BCUT2D eigenvalue weighted by Gasteiger charge is 2.16. The van der Waals surface area contributed by atoms with Crippen LogP contribution < -0.4 is 0 Å². The van der Waals surface area contributed by atoms with Crippen LogP contribution in [-0.2, 0) is 0 Å². The van der Waals surface area contributed by atoms with E-state index in [4.69, 9.17) is 0 Å². The lowest BCUT2D eigenvalue weighted by Gasteiger charge is -2.22. The van der Waals surface area contributed by atoms with E-state index in [-0.39, 0.29) is 5.91 Å². The highest BCUT2D eigenvalue weighted by molar-refractivity contribution is 14.1. The van der Waals surface area contributed by atoms with E-state index in [1.54, 1.807) is 11.3 Å². The molecule has 1 amide bonds. The molecule has 0 aromatic carbocycles. The van der Waals surface area contributed by atoms with Gasteiger partial charge in [0, 0.05) is 18.5 Å². The predicted octanol–water partition coefficient (Wildman–Crippen LogP) is 3.47. The minimum atomic E-state index is 0.158. The third kappa shape index (κ3) is 3.75. The number of carbonyl (C=O) groups is 1. The van der Waals surface area contributed by atoms with Gasteiger partial charge in [-0.3, -0.25) is 4.79 Å². The van der Waals surface area contributed by atoms with Crippen molar-refractivity contribution in [3.05, 3.63) is 19.9 Å². The number of carbonyl (C=O) groups excluding carboxylic acids is 1. The summed E-state index contributed by atoms with van der Waals surface area (Å²) in [6.07, 6.45) is 0. The molecule has 0 radical (unpaired) electrons. The Kier molecular flexibility index (Phi) is 5.05. The van der Waals surface area contributed by atoms with E-state index in [9.17, 15) is 4.79 Å². The van der Waals surface area contributed by atoms with E-state index in [0.29, 0.717) is 5.92 Å². The first kappa shape index (κ1) is 13.0. The number of halogens is 1. The zero-order valence-electron chi connectivity index (χ0n) is 9.29. The molecule has 1 rings (SSSR count). The maximum absolute atomic E-state index is 12.1. The van der Waals surface area contributed by atoms with Crippen molar-refractivity contribution in [3.8, 4) is 0 Å². The van der Waals surface area contributed by atoms with Crippen molar-refractivity contribution in [1.82, 2.24) is 4.90 Å². The molecule has 0 atom stereocenters. The molecule has 0 spiro atoms. The second-order valence-electron chi connectivity index (χ2n) is 3.88. The molecule has 0 fully saturated rings. The smallest absolute Gasteiger partial charge is 0.254 e. The summed E-state index contributed by atoms with van der Waals surface area (Å²) in [5.41, 5.74) is 0.826. The van der Waals surface area contributed by atoms with E-state index in [0.717, 1.165) is 21.5 Å². The second-order valence-corrected chi connectivity index (χ2v) is 6.68. The number of hydrogen-bond donors (Lipinski definition) is 0. The lowest BCUT2D eigenvalue weighted by atomic mass is 10.2. The fourth-order valence-corrected chi connectivity index (χ4v) is 2.72. The Morgan fingerprint density at radius 1 is 1.60 bits per heavy atom. The van der Waals surface area contributed by atoms with Gasteiger partial charge < -0.3 is 4.90 Å². The largest absolute Gasteiger partial charge is 0.339 e. The van der Waals surface area contributed by atoms with Crippen molar-refractivity contribution in [3.63, 3.8) is 0 Å². The zero-order chi connectivity index (χ0) is 11.4. The molecule has 2 nitrogen and oxygen atoms in total. The molecule has 0 aliphatic carbocycles. The number of amides is 1. The summed E-state index contributed by atoms with van der Waals surface area (Å²) in [4.78, 5) is 14.0. The average Bonchev–Trinajstić information content (AvgIpc) is 2.60. The van der Waals surface area contributed by atoms with Gasteiger partial charge in [-0.15, -0.1) is 11.3 Å². The molecule has 1 aromatic rings. The minimum Gasteiger partial charge on any atom is -0.339 e. The molecule has 1 heterocycles. The fraction of sp³-hybridized carbons (Fsp3) is 0.545. The highest BCUT2D eigenvalue weighted by Crippen LogP contribution is 2.18. The normalized spacial score (nSPS) is 10.7. The molecular formula is C11H16INOS. The first-order chi connectivity index (χ1) is 7.04. The van der Waals surface area contributed by atoms with Gasteiger partial charge >= 0.3 is 0 Å². The van der Waals surface area contributed by atoms with Crippen LogP contribution in [0.4, 0.5) is 0 Å². The van der Waals surface area contributed by atoms with E-state index < -0.39 is 0 Å². The van der Waals surface area contributed by atoms with Gasteiger partial charge in [-0.05, 0) is 41.5 Å². The van der Waals surface area contributed by atoms with Gasteiger partial charge in [0.25, 0.3) is 5.91 Å². The van der Waals surface area contributed by atoms with Gasteiger partial charge in [0.2, 0.25) is 0 Å². The van der Waals surface area contributed by atoms with E-state index in [1.807, 2.05) is 23.3 Å². The third-order valence-corrected chi connectivity index (χ3v) is 3.86. The van der Waals surface area contributed by atoms with Crippen molar-refractivity contribution >= 4 is 39.8 Å². The Hall–Kier alpha value is -0.100. The Labute approximate surface area is 109 Å². The van der Waals surface area contributed by atoms with Crippen LogP contribution in [0, 0.1) is 8.80 Å². The van der Waals surface area contributed by atoms with Crippen molar-refractivity contribution in [2.45, 2.75) is 20.8 Å².